The Kier molecular flexibility index (Phi) is 6.83. The highest BCUT2D eigenvalue weighted by Crippen LogP contribution is 2.32. The predicted molar refractivity (Wildman–Crippen MR) is 99.6 cm³/mol. The lowest BCUT2D eigenvalue weighted by Gasteiger charge is -2.16. The summed E-state index contributed by atoms with van der Waals surface area (Å²) in [5.74, 6) is 1.93. The smallest absolute Gasteiger partial charge is 0.167 e. The molecule has 0 bridgehead atoms. The molecule has 1 unspecified atom stereocenters. The number of hydrogen-bond acceptors (Lipinski definition) is 8. The van der Waals surface area contributed by atoms with Gasteiger partial charge in [-0.3, -0.25) is 4.57 Å². The van der Waals surface area contributed by atoms with Gasteiger partial charge in [0.25, 0.3) is 0 Å². The molecule has 2 aromatic rings. The van der Waals surface area contributed by atoms with E-state index in [1.165, 1.54) is 12.7 Å². The Morgan fingerprint density at radius 2 is 2.04 bits per heavy atom. The molecule has 0 radical (unpaired) electrons. The molecule has 5 atom stereocenters. The van der Waals surface area contributed by atoms with Gasteiger partial charge in [0, 0.05) is 6.42 Å². The maximum absolute atomic E-state index is 10.4. The van der Waals surface area contributed by atoms with Crippen molar-refractivity contribution >= 4 is 40.3 Å². The number of rotatable bonds is 6. The molecule has 6 N–H and O–H groups in total. The van der Waals surface area contributed by atoms with Crippen LogP contribution in [0.4, 0.5) is 5.82 Å². The number of nitrogens with zero attached hydrogens (tertiary/aromatic N) is 4. The van der Waals surface area contributed by atoms with Gasteiger partial charge in [-0.05, 0) is 17.4 Å². The summed E-state index contributed by atoms with van der Waals surface area (Å²) in [5, 5.41) is 20.7. The van der Waals surface area contributed by atoms with Crippen LogP contribution in [0, 0.1) is 0 Å². The van der Waals surface area contributed by atoms with E-state index in [-0.39, 0.29) is 29.1 Å². The van der Waals surface area contributed by atoms with Gasteiger partial charge in [0.15, 0.2) is 17.7 Å². The third-order valence-electron chi connectivity index (χ3n) is 4.14. The molecular weight excluding hydrogens is 368 g/mol. The number of aliphatic hydroxyl groups excluding tert-OH is 2. The second-order valence-electron chi connectivity index (χ2n) is 5.92. The van der Waals surface area contributed by atoms with Crippen LogP contribution in [0.2, 0.25) is 0 Å². The summed E-state index contributed by atoms with van der Waals surface area (Å²) in [4.78, 5) is 12.2. The van der Waals surface area contributed by atoms with Crippen LogP contribution in [0.25, 0.3) is 11.2 Å². The Bertz CT molecular complexity index is 704. The minimum atomic E-state index is -1.06. The van der Waals surface area contributed by atoms with E-state index < -0.39 is 24.5 Å². The third kappa shape index (κ3) is 3.99. The van der Waals surface area contributed by atoms with Crippen molar-refractivity contribution in [2.24, 2.45) is 5.73 Å². The molecule has 3 rings (SSSR count). The van der Waals surface area contributed by atoms with E-state index in [1.54, 1.807) is 4.57 Å². The van der Waals surface area contributed by atoms with Crippen molar-refractivity contribution in [2.75, 3.05) is 30.0 Å². The molecule has 1 aliphatic rings. The van der Waals surface area contributed by atoms with Crippen molar-refractivity contribution in [3.05, 3.63) is 12.7 Å². The first-order chi connectivity index (χ1) is 11.5. The first-order valence-corrected chi connectivity index (χ1v) is 9.74. The second kappa shape index (κ2) is 8.47. The quantitative estimate of drug-likeness (QED) is 0.461. The van der Waals surface area contributed by atoms with E-state index in [9.17, 15) is 10.2 Å². The molecular formula is C14H24ClN6O3S+. The number of hydrogen-bond donors (Lipinski definition) is 4. The zero-order chi connectivity index (χ0) is 17.3. The fourth-order valence-electron chi connectivity index (χ4n) is 2.85. The number of fused-ring (bicyclic) bond motifs is 1. The molecule has 1 aliphatic heterocycles. The fraction of sp³-hybridized carbons (Fsp3) is 0.643. The summed E-state index contributed by atoms with van der Waals surface area (Å²) in [6.45, 7) is 0.652. The van der Waals surface area contributed by atoms with Crippen molar-refractivity contribution in [1.82, 2.24) is 19.5 Å². The van der Waals surface area contributed by atoms with Crippen molar-refractivity contribution in [3.8, 4) is 0 Å². The minimum Gasteiger partial charge on any atom is -0.387 e. The molecule has 0 aliphatic carbocycles. The molecule has 140 valence electrons. The van der Waals surface area contributed by atoms with Gasteiger partial charge in [-0.2, -0.15) is 0 Å². The molecule has 0 amide bonds. The molecule has 0 saturated carbocycles. The highest BCUT2D eigenvalue weighted by atomic mass is 35.5. The first kappa shape index (κ1) is 20.1. The summed E-state index contributed by atoms with van der Waals surface area (Å²) in [7, 11) is 0.0655. The minimum absolute atomic E-state index is 0. The normalized spacial score (nSPS) is 27.4. The van der Waals surface area contributed by atoms with Crippen LogP contribution in [0.1, 0.15) is 12.6 Å². The summed E-state index contributed by atoms with van der Waals surface area (Å²) < 4.78 is 7.52. The van der Waals surface area contributed by atoms with Gasteiger partial charge in [-0.25, -0.2) is 15.0 Å². The Balaban J connectivity index is 0.00000225. The van der Waals surface area contributed by atoms with E-state index in [1.807, 2.05) is 0 Å². The largest absolute Gasteiger partial charge is 0.387 e. The van der Waals surface area contributed by atoms with E-state index in [0.29, 0.717) is 23.5 Å². The lowest BCUT2D eigenvalue weighted by Crippen LogP contribution is -2.35. The van der Waals surface area contributed by atoms with Gasteiger partial charge in [0.2, 0.25) is 0 Å². The molecule has 9 nitrogen and oxygen atoms in total. The average molecular weight is 392 g/mol. The fourth-order valence-corrected chi connectivity index (χ4v) is 4.51. The van der Waals surface area contributed by atoms with Crippen LogP contribution >= 0.6 is 12.4 Å². The zero-order valence-corrected chi connectivity index (χ0v) is 15.5. The lowest BCUT2D eigenvalue weighted by atomic mass is 10.1. The SMILES string of the molecule is C[S+](CCCN)C[C@H]1O[C@@H](n2cnc3c(N)ncnc32)[C@H](O)[C@@H]1O.Cl. The van der Waals surface area contributed by atoms with Crippen LogP contribution in [0.15, 0.2) is 12.7 Å². The van der Waals surface area contributed by atoms with Crippen LogP contribution < -0.4 is 11.5 Å². The summed E-state index contributed by atoms with van der Waals surface area (Å²) in [6.07, 6.45) is 2.68. The number of anilines is 1. The monoisotopic (exact) mass is 391 g/mol. The van der Waals surface area contributed by atoms with Crippen molar-refractivity contribution < 1.29 is 14.9 Å². The number of imidazole rings is 1. The van der Waals surface area contributed by atoms with Gasteiger partial charge in [0.1, 0.15) is 41.7 Å². The number of ether oxygens (including phenoxy) is 1. The van der Waals surface area contributed by atoms with E-state index in [4.69, 9.17) is 16.2 Å². The molecule has 1 saturated heterocycles. The molecule has 11 heteroatoms. The Labute approximate surface area is 154 Å². The van der Waals surface area contributed by atoms with E-state index in [2.05, 4.69) is 21.2 Å². The van der Waals surface area contributed by atoms with Gasteiger partial charge < -0.3 is 26.4 Å². The van der Waals surface area contributed by atoms with Crippen LogP contribution in [-0.2, 0) is 15.6 Å². The lowest BCUT2D eigenvalue weighted by molar-refractivity contribution is -0.0290. The maximum Gasteiger partial charge on any atom is 0.167 e. The number of halogens is 1. The Hall–Kier alpha value is -1.17. The number of aromatic nitrogens is 4. The number of nitrogen functional groups attached to an aromatic ring is 1. The highest BCUT2D eigenvalue weighted by Gasteiger charge is 2.46. The second-order valence-corrected chi connectivity index (χ2v) is 8.23. The van der Waals surface area contributed by atoms with Gasteiger partial charge in [0.05, 0.1) is 12.6 Å². The Morgan fingerprint density at radius 1 is 1.28 bits per heavy atom. The standard InChI is InChI=1S/C14H23N6O3S.ClH/c1-24(4-2-3-15)5-8-10(21)11(22)14(23-8)20-7-19-9-12(16)17-6-18-13(9)20;/h6-8,10-11,14,21-22H,2-5,15H2,1H3,(H2,16,17,18);1H/q+1;/t8-,10-,11-,14-,24?;/m1./s1. The van der Waals surface area contributed by atoms with Gasteiger partial charge in [-0.1, -0.05) is 0 Å². The van der Waals surface area contributed by atoms with Crippen LogP contribution in [0.5, 0.6) is 0 Å². The third-order valence-corrected chi connectivity index (χ3v) is 6.03. The topological polar surface area (TPSA) is 145 Å². The molecule has 3 heterocycles. The first-order valence-electron chi connectivity index (χ1n) is 7.76. The van der Waals surface area contributed by atoms with Gasteiger partial charge >= 0.3 is 0 Å². The average Bonchev–Trinajstić information content (AvgIpc) is 3.10. The van der Waals surface area contributed by atoms with Crippen molar-refractivity contribution in [2.45, 2.75) is 31.0 Å². The van der Waals surface area contributed by atoms with Crippen molar-refractivity contribution in [3.63, 3.8) is 0 Å². The molecule has 0 aromatic carbocycles. The maximum atomic E-state index is 10.4. The molecule has 0 spiro atoms. The number of nitrogens with two attached hydrogens (primary N) is 2. The molecule has 2 aromatic heterocycles. The van der Waals surface area contributed by atoms with Crippen LogP contribution in [-0.4, -0.2) is 72.4 Å². The van der Waals surface area contributed by atoms with Gasteiger partial charge in [-0.15, -0.1) is 12.4 Å². The van der Waals surface area contributed by atoms with Crippen molar-refractivity contribution in [1.29, 1.82) is 0 Å². The summed E-state index contributed by atoms with van der Waals surface area (Å²) in [6, 6.07) is 0. The summed E-state index contributed by atoms with van der Waals surface area (Å²) >= 11 is 0. The number of aliphatic hydroxyl groups is 2. The van der Waals surface area contributed by atoms with Crippen LogP contribution in [0.3, 0.4) is 0 Å². The zero-order valence-electron chi connectivity index (χ0n) is 13.9. The summed E-state index contributed by atoms with van der Waals surface area (Å²) in [5.41, 5.74) is 12.2. The predicted octanol–water partition coefficient (Wildman–Crippen LogP) is -0.954. The highest BCUT2D eigenvalue weighted by molar-refractivity contribution is 7.96. The molecule has 25 heavy (non-hydrogen) atoms. The Morgan fingerprint density at radius 3 is 2.76 bits per heavy atom. The van der Waals surface area contributed by atoms with E-state index in [0.717, 1.165) is 12.2 Å². The molecule has 1 fully saturated rings. The van der Waals surface area contributed by atoms with E-state index >= 15 is 0 Å².